The van der Waals surface area contributed by atoms with E-state index in [1.165, 1.54) is 0 Å². The maximum absolute atomic E-state index is 12.2. The molecule has 0 fully saturated rings. The van der Waals surface area contributed by atoms with Crippen molar-refractivity contribution in [3.05, 3.63) is 72.3 Å². The summed E-state index contributed by atoms with van der Waals surface area (Å²) in [7, 11) is 3.84. The zero-order chi connectivity index (χ0) is 21.5. The molecule has 3 aromatic carbocycles. The summed E-state index contributed by atoms with van der Waals surface area (Å²) < 4.78 is 4.92. The van der Waals surface area contributed by atoms with Crippen molar-refractivity contribution >= 4 is 39.9 Å². The highest BCUT2D eigenvalue weighted by molar-refractivity contribution is 6.00. The Morgan fingerprint density at radius 1 is 0.900 bits per heavy atom. The molecule has 2 N–H and O–H groups in total. The van der Waals surface area contributed by atoms with Crippen LogP contribution in [-0.4, -0.2) is 45.0 Å². The third kappa shape index (κ3) is 5.57. The van der Waals surface area contributed by atoms with Crippen LogP contribution in [0.15, 0.2) is 66.7 Å². The van der Waals surface area contributed by atoms with Crippen LogP contribution in [0.1, 0.15) is 10.4 Å². The normalized spacial score (nSPS) is 10.3. The van der Waals surface area contributed by atoms with Crippen LogP contribution in [0.25, 0.3) is 10.8 Å². The molecule has 0 aliphatic rings. The molecule has 0 saturated heterocycles. The molecule has 0 heterocycles. The molecule has 0 atom stereocenters. The fourth-order valence-electron chi connectivity index (χ4n) is 2.82. The van der Waals surface area contributed by atoms with Crippen molar-refractivity contribution in [2.24, 2.45) is 0 Å². The van der Waals surface area contributed by atoms with E-state index in [-0.39, 0.29) is 12.5 Å². The Bertz CT molecular complexity index is 1060. The molecule has 0 saturated carbocycles. The van der Waals surface area contributed by atoms with Gasteiger partial charge in [-0.05, 0) is 47.2 Å². The van der Waals surface area contributed by atoms with Gasteiger partial charge in [-0.15, -0.1) is 0 Å². The first kappa shape index (κ1) is 20.9. The van der Waals surface area contributed by atoms with Gasteiger partial charge in [0.1, 0.15) is 6.54 Å². The van der Waals surface area contributed by atoms with Gasteiger partial charge in [0.05, 0.1) is 0 Å². The lowest BCUT2D eigenvalue weighted by Crippen LogP contribution is -2.32. The zero-order valence-electron chi connectivity index (χ0n) is 16.8. The number of nitrogens with one attached hydrogen (secondary N) is 2. The van der Waals surface area contributed by atoms with Crippen LogP contribution in [0.3, 0.4) is 0 Å². The number of rotatable bonds is 7. The molecule has 0 aromatic heterocycles. The average Bonchev–Trinajstić information content (AvgIpc) is 2.76. The Kier molecular flexibility index (Phi) is 6.64. The average molecular weight is 405 g/mol. The van der Waals surface area contributed by atoms with Gasteiger partial charge in [-0.2, -0.15) is 0 Å². The lowest BCUT2D eigenvalue weighted by atomic mass is 10.1. The van der Waals surface area contributed by atoms with Crippen molar-refractivity contribution in [1.29, 1.82) is 0 Å². The van der Waals surface area contributed by atoms with Crippen molar-refractivity contribution in [1.82, 2.24) is 5.32 Å². The number of esters is 1. The molecule has 0 bridgehead atoms. The van der Waals surface area contributed by atoms with Crippen molar-refractivity contribution in [3.63, 3.8) is 0 Å². The van der Waals surface area contributed by atoms with Gasteiger partial charge in [0.15, 0.2) is 6.61 Å². The number of anilines is 2. The Morgan fingerprint density at radius 2 is 1.60 bits per heavy atom. The molecule has 154 valence electrons. The largest absolute Gasteiger partial charge is 0.454 e. The van der Waals surface area contributed by atoms with Gasteiger partial charge < -0.3 is 20.3 Å². The van der Waals surface area contributed by atoms with E-state index in [4.69, 9.17) is 4.74 Å². The summed E-state index contributed by atoms with van der Waals surface area (Å²) in [6, 6.07) is 20.2. The molecule has 0 radical (unpaired) electrons. The van der Waals surface area contributed by atoms with Gasteiger partial charge in [-0.1, -0.05) is 30.3 Å². The van der Waals surface area contributed by atoms with E-state index in [0.29, 0.717) is 11.3 Å². The maximum atomic E-state index is 12.2. The summed E-state index contributed by atoms with van der Waals surface area (Å²) in [4.78, 5) is 38.0. The molecule has 0 unspecified atom stereocenters. The number of benzene rings is 3. The minimum atomic E-state index is -0.692. The van der Waals surface area contributed by atoms with Crippen molar-refractivity contribution < 1.29 is 19.1 Å². The van der Waals surface area contributed by atoms with Crippen molar-refractivity contribution in [3.8, 4) is 0 Å². The van der Waals surface area contributed by atoms with E-state index in [2.05, 4.69) is 10.6 Å². The minimum absolute atomic E-state index is 0.323. The van der Waals surface area contributed by atoms with E-state index in [1.54, 1.807) is 24.3 Å². The van der Waals surface area contributed by atoms with Gasteiger partial charge in [0, 0.05) is 31.0 Å². The third-order valence-corrected chi connectivity index (χ3v) is 4.44. The molecule has 0 aliphatic heterocycles. The first-order chi connectivity index (χ1) is 14.4. The highest BCUT2D eigenvalue weighted by Crippen LogP contribution is 2.16. The number of carbonyl (C=O) groups is 3. The van der Waals surface area contributed by atoms with E-state index in [0.717, 1.165) is 16.5 Å². The van der Waals surface area contributed by atoms with Crippen LogP contribution in [0.4, 0.5) is 11.4 Å². The fraction of sp³-hybridized carbons (Fsp3) is 0.174. The lowest BCUT2D eigenvalue weighted by Gasteiger charge is -2.13. The molecule has 2 amide bonds. The van der Waals surface area contributed by atoms with Crippen LogP contribution >= 0.6 is 0 Å². The van der Waals surface area contributed by atoms with Crippen molar-refractivity contribution in [2.45, 2.75) is 0 Å². The predicted octanol–water partition coefficient (Wildman–Crippen LogP) is 2.82. The summed E-state index contributed by atoms with van der Waals surface area (Å²) in [6.07, 6.45) is 0. The number of hydrogen-bond donors (Lipinski definition) is 2. The molecule has 0 aliphatic carbocycles. The standard InChI is InChI=1S/C23H23N3O4/c1-26(2)20-11-9-19(10-12-20)25-21(27)15-30-22(28)14-24-23(29)18-8-7-16-5-3-4-6-17(16)13-18/h3-13H,14-15H2,1-2H3,(H,24,29)(H,25,27). The van der Waals surface area contributed by atoms with E-state index < -0.39 is 18.5 Å². The highest BCUT2D eigenvalue weighted by Gasteiger charge is 2.11. The Balaban J connectivity index is 1.43. The van der Waals surface area contributed by atoms with Crippen LogP contribution < -0.4 is 15.5 Å². The number of hydrogen-bond acceptors (Lipinski definition) is 5. The second kappa shape index (κ2) is 9.56. The van der Waals surface area contributed by atoms with Crippen LogP contribution in [-0.2, 0) is 14.3 Å². The van der Waals surface area contributed by atoms with Gasteiger partial charge in [0.2, 0.25) is 0 Å². The summed E-state index contributed by atoms with van der Waals surface area (Å²) in [5, 5.41) is 7.11. The number of amides is 2. The SMILES string of the molecule is CN(C)c1ccc(NC(=O)COC(=O)CNC(=O)c2ccc3ccccc3c2)cc1. The number of ether oxygens (including phenoxy) is 1. The summed E-state index contributed by atoms with van der Waals surface area (Å²) in [5.41, 5.74) is 2.05. The van der Waals surface area contributed by atoms with E-state index in [9.17, 15) is 14.4 Å². The fourth-order valence-corrected chi connectivity index (χ4v) is 2.82. The minimum Gasteiger partial charge on any atom is -0.454 e. The molecule has 7 nitrogen and oxygen atoms in total. The van der Waals surface area contributed by atoms with Crippen LogP contribution in [0.2, 0.25) is 0 Å². The number of fused-ring (bicyclic) bond motifs is 1. The summed E-state index contributed by atoms with van der Waals surface area (Å²) in [5.74, 6) is -1.54. The maximum Gasteiger partial charge on any atom is 0.325 e. The van der Waals surface area contributed by atoms with E-state index >= 15 is 0 Å². The zero-order valence-corrected chi connectivity index (χ0v) is 16.8. The summed E-state index contributed by atoms with van der Waals surface area (Å²) in [6.45, 7) is -0.753. The molecule has 3 rings (SSSR count). The van der Waals surface area contributed by atoms with Crippen LogP contribution in [0.5, 0.6) is 0 Å². The lowest BCUT2D eigenvalue weighted by molar-refractivity contribution is -0.146. The topological polar surface area (TPSA) is 87.7 Å². The van der Waals surface area contributed by atoms with Crippen molar-refractivity contribution in [2.75, 3.05) is 37.5 Å². The number of carbonyl (C=O) groups excluding carboxylic acids is 3. The molecule has 7 heteroatoms. The van der Waals surface area contributed by atoms with Crippen LogP contribution in [0, 0.1) is 0 Å². The molecular formula is C23H23N3O4. The Labute approximate surface area is 174 Å². The molecule has 3 aromatic rings. The van der Waals surface area contributed by atoms with Gasteiger partial charge in [-0.3, -0.25) is 14.4 Å². The number of nitrogens with zero attached hydrogens (tertiary/aromatic N) is 1. The molecular weight excluding hydrogens is 382 g/mol. The van der Waals surface area contributed by atoms with Gasteiger partial charge in [0.25, 0.3) is 11.8 Å². The predicted molar refractivity (Wildman–Crippen MR) is 117 cm³/mol. The van der Waals surface area contributed by atoms with Gasteiger partial charge in [-0.25, -0.2) is 0 Å². The monoisotopic (exact) mass is 405 g/mol. The Morgan fingerprint density at radius 3 is 2.30 bits per heavy atom. The first-order valence-electron chi connectivity index (χ1n) is 9.42. The second-order valence-electron chi connectivity index (χ2n) is 6.89. The molecule has 0 spiro atoms. The second-order valence-corrected chi connectivity index (χ2v) is 6.89. The van der Waals surface area contributed by atoms with E-state index in [1.807, 2.05) is 61.5 Å². The summed E-state index contributed by atoms with van der Waals surface area (Å²) >= 11 is 0. The smallest absolute Gasteiger partial charge is 0.325 e. The first-order valence-corrected chi connectivity index (χ1v) is 9.42. The quantitative estimate of drug-likeness (QED) is 0.590. The highest BCUT2D eigenvalue weighted by atomic mass is 16.5. The Hall–Kier alpha value is -3.87. The molecule has 30 heavy (non-hydrogen) atoms. The van der Waals surface area contributed by atoms with Gasteiger partial charge >= 0.3 is 5.97 Å². The third-order valence-electron chi connectivity index (χ3n) is 4.44.